The van der Waals surface area contributed by atoms with Crippen LogP contribution in [0.3, 0.4) is 0 Å². The highest BCUT2D eigenvalue weighted by Crippen LogP contribution is 2.25. The van der Waals surface area contributed by atoms with Crippen molar-refractivity contribution in [1.29, 1.82) is 0 Å². The molecule has 1 amide bonds. The van der Waals surface area contributed by atoms with Crippen LogP contribution < -0.4 is 11.1 Å². The van der Waals surface area contributed by atoms with Crippen molar-refractivity contribution in [1.82, 2.24) is 9.97 Å². The van der Waals surface area contributed by atoms with E-state index >= 15 is 0 Å². The van der Waals surface area contributed by atoms with Crippen molar-refractivity contribution in [2.75, 3.05) is 17.7 Å². The van der Waals surface area contributed by atoms with Crippen molar-refractivity contribution in [3.05, 3.63) is 41.6 Å². The van der Waals surface area contributed by atoms with Gasteiger partial charge in [-0.1, -0.05) is 37.7 Å². The second kappa shape index (κ2) is 9.91. The number of nitrogens with zero attached hydrogens (tertiary/aromatic N) is 2. The zero-order valence-electron chi connectivity index (χ0n) is 15.7. The number of benzene rings is 1. The summed E-state index contributed by atoms with van der Waals surface area (Å²) in [6, 6.07) is 7.75. The minimum absolute atomic E-state index is 0.0383. The molecule has 0 saturated heterocycles. The maximum absolute atomic E-state index is 12.6. The lowest BCUT2D eigenvalue weighted by Gasteiger charge is -2.14. The summed E-state index contributed by atoms with van der Waals surface area (Å²) in [5.41, 5.74) is 7.90. The Bertz CT molecular complexity index is 796. The highest BCUT2D eigenvalue weighted by molar-refractivity contribution is 8.00. The molecule has 2 rings (SSSR count). The van der Waals surface area contributed by atoms with E-state index < -0.39 is 5.97 Å². The molecular formula is C19H24N4O3S. The molecule has 0 bridgehead atoms. The number of anilines is 2. The van der Waals surface area contributed by atoms with E-state index in [1.165, 1.54) is 23.5 Å². The van der Waals surface area contributed by atoms with Crippen LogP contribution in [0.25, 0.3) is 0 Å². The molecule has 0 unspecified atom stereocenters. The molecule has 1 aromatic carbocycles. The lowest BCUT2D eigenvalue weighted by molar-refractivity contribution is -0.115. The standard InChI is InChI=1S/C19H24N4O3S/c1-4-12-7-9-13(10-8-12)22-17(24)15(5-2)27-19-21-11-14(16(20)23-19)18(25)26-6-3/h7-11,15H,4-6H2,1-3H3,(H,22,24)(H2,20,21,23)/t15-/m0/s1. The van der Waals surface area contributed by atoms with Crippen molar-refractivity contribution >= 4 is 35.1 Å². The van der Waals surface area contributed by atoms with Gasteiger partial charge in [0.05, 0.1) is 11.9 Å². The first-order valence-corrected chi connectivity index (χ1v) is 9.72. The van der Waals surface area contributed by atoms with Crippen LogP contribution in [0.5, 0.6) is 0 Å². The molecule has 0 fully saturated rings. The third-order valence-electron chi connectivity index (χ3n) is 3.83. The van der Waals surface area contributed by atoms with E-state index in [1.807, 2.05) is 31.2 Å². The summed E-state index contributed by atoms with van der Waals surface area (Å²) in [4.78, 5) is 32.6. The third kappa shape index (κ3) is 5.68. The number of amides is 1. The van der Waals surface area contributed by atoms with Crippen LogP contribution >= 0.6 is 11.8 Å². The minimum Gasteiger partial charge on any atom is -0.462 e. The Hall–Kier alpha value is -2.61. The first-order valence-electron chi connectivity index (χ1n) is 8.84. The average molecular weight is 388 g/mol. The Morgan fingerprint density at radius 2 is 1.93 bits per heavy atom. The van der Waals surface area contributed by atoms with Gasteiger partial charge in [0.1, 0.15) is 11.4 Å². The summed E-state index contributed by atoms with van der Waals surface area (Å²) in [6.45, 7) is 5.94. The zero-order valence-corrected chi connectivity index (χ0v) is 16.5. The molecule has 2 aromatic rings. The van der Waals surface area contributed by atoms with Gasteiger partial charge in [-0.15, -0.1) is 0 Å². The molecule has 0 aliphatic carbocycles. The number of carbonyl (C=O) groups excluding carboxylic acids is 2. The predicted molar refractivity (Wildman–Crippen MR) is 107 cm³/mol. The van der Waals surface area contributed by atoms with Gasteiger partial charge in [0, 0.05) is 11.9 Å². The quantitative estimate of drug-likeness (QED) is 0.406. The van der Waals surface area contributed by atoms with Crippen LogP contribution in [0.4, 0.5) is 11.5 Å². The maximum Gasteiger partial charge on any atom is 0.343 e. The number of nitrogen functional groups attached to an aromatic ring is 1. The van der Waals surface area contributed by atoms with E-state index in [0.717, 1.165) is 12.1 Å². The third-order valence-corrected chi connectivity index (χ3v) is 5.07. The predicted octanol–water partition coefficient (Wildman–Crippen LogP) is 3.31. The Morgan fingerprint density at radius 3 is 2.48 bits per heavy atom. The number of hydrogen-bond donors (Lipinski definition) is 2. The number of aryl methyl sites for hydroxylation is 1. The molecule has 8 heteroatoms. The molecule has 0 aliphatic rings. The van der Waals surface area contributed by atoms with Crippen LogP contribution in [-0.4, -0.2) is 33.7 Å². The first-order chi connectivity index (χ1) is 13.0. The Kier molecular flexibility index (Phi) is 7.60. The molecule has 27 heavy (non-hydrogen) atoms. The van der Waals surface area contributed by atoms with Gasteiger partial charge < -0.3 is 15.8 Å². The molecule has 0 radical (unpaired) electrons. The van der Waals surface area contributed by atoms with Crippen LogP contribution in [-0.2, 0) is 16.0 Å². The van der Waals surface area contributed by atoms with Gasteiger partial charge in [-0.25, -0.2) is 14.8 Å². The van der Waals surface area contributed by atoms with E-state index in [0.29, 0.717) is 11.6 Å². The summed E-state index contributed by atoms with van der Waals surface area (Å²) in [6.07, 6.45) is 2.87. The maximum atomic E-state index is 12.6. The zero-order chi connectivity index (χ0) is 19.8. The number of carbonyl (C=O) groups is 2. The van der Waals surface area contributed by atoms with E-state index in [4.69, 9.17) is 10.5 Å². The highest BCUT2D eigenvalue weighted by atomic mass is 32.2. The van der Waals surface area contributed by atoms with Crippen LogP contribution in [0.2, 0.25) is 0 Å². The molecule has 1 aromatic heterocycles. The number of aromatic nitrogens is 2. The van der Waals surface area contributed by atoms with E-state index in [-0.39, 0.29) is 29.1 Å². The van der Waals surface area contributed by atoms with Gasteiger partial charge >= 0.3 is 5.97 Å². The second-order valence-corrected chi connectivity index (χ2v) is 6.90. The fourth-order valence-corrected chi connectivity index (χ4v) is 3.15. The molecule has 0 saturated carbocycles. The first kappa shape index (κ1) is 20.7. The lowest BCUT2D eigenvalue weighted by atomic mass is 10.1. The highest BCUT2D eigenvalue weighted by Gasteiger charge is 2.21. The van der Waals surface area contributed by atoms with Crippen LogP contribution in [0.15, 0.2) is 35.6 Å². The SMILES string of the molecule is CCOC(=O)c1cnc(S[C@@H](CC)C(=O)Nc2ccc(CC)cc2)nc1N. The Balaban J connectivity index is 2.05. The Morgan fingerprint density at radius 1 is 1.22 bits per heavy atom. The van der Waals surface area contributed by atoms with Gasteiger partial charge in [-0.3, -0.25) is 4.79 Å². The van der Waals surface area contributed by atoms with Gasteiger partial charge in [-0.2, -0.15) is 0 Å². The molecule has 3 N–H and O–H groups in total. The number of nitrogens with two attached hydrogens (primary N) is 1. The number of rotatable bonds is 8. The van der Waals surface area contributed by atoms with Crippen molar-refractivity contribution in [2.45, 2.75) is 44.0 Å². The summed E-state index contributed by atoms with van der Waals surface area (Å²) in [5.74, 6) is -0.661. The molecule has 7 nitrogen and oxygen atoms in total. The van der Waals surface area contributed by atoms with Gasteiger partial charge in [-0.05, 0) is 37.5 Å². The van der Waals surface area contributed by atoms with Crippen molar-refractivity contribution < 1.29 is 14.3 Å². The van der Waals surface area contributed by atoms with Crippen LogP contribution in [0, 0.1) is 0 Å². The molecule has 144 valence electrons. The van der Waals surface area contributed by atoms with Crippen LogP contribution in [0.1, 0.15) is 43.1 Å². The second-order valence-electron chi connectivity index (χ2n) is 5.73. The van der Waals surface area contributed by atoms with Crippen molar-refractivity contribution in [2.24, 2.45) is 0 Å². The largest absolute Gasteiger partial charge is 0.462 e. The van der Waals surface area contributed by atoms with E-state index in [9.17, 15) is 9.59 Å². The monoisotopic (exact) mass is 388 g/mol. The molecule has 0 spiro atoms. The molecule has 1 heterocycles. The van der Waals surface area contributed by atoms with E-state index in [1.54, 1.807) is 6.92 Å². The van der Waals surface area contributed by atoms with Crippen molar-refractivity contribution in [3.8, 4) is 0 Å². The normalized spacial score (nSPS) is 11.7. The van der Waals surface area contributed by atoms with Crippen molar-refractivity contribution in [3.63, 3.8) is 0 Å². The Labute approximate surface area is 163 Å². The fourth-order valence-electron chi connectivity index (χ4n) is 2.30. The van der Waals surface area contributed by atoms with Gasteiger partial charge in [0.25, 0.3) is 0 Å². The summed E-state index contributed by atoms with van der Waals surface area (Å²) in [5, 5.41) is 2.86. The number of nitrogens with one attached hydrogen (secondary N) is 1. The number of esters is 1. The average Bonchev–Trinajstić information content (AvgIpc) is 2.66. The molecule has 0 aliphatic heterocycles. The minimum atomic E-state index is -0.563. The smallest absolute Gasteiger partial charge is 0.343 e. The lowest BCUT2D eigenvalue weighted by Crippen LogP contribution is -2.25. The fraction of sp³-hybridized carbons (Fsp3) is 0.368. The molecular weight excluding hydrogens is 364 g/mol. The van der Waals surface area contributed by atoms with Gasteiger partial charge in [0.2, 0.25) is 5.91 Å². The number of ether oxygens (including phenoxy) is 1. The van der Waals surface area contributed by atoms with E-state index in [2.05, 4.69) is 22.2 Å². The summed E-state index contributed by atoms with van der Waals surface area (Å²) < 4.78 is 4.90. The molecule has 1 atom stereocenters. The number of thioether (sulfide) groups is 1. The van der Waals surface area contributed by atoms with Gasteiger partial charge in [0.15, 0.2) is 5.16 Å². The topological polar surface area (TPSA) is 107 Å². The summed E-state index contributed by atoms with van der Waals surface area (Å²) in [7, 11) is 0. The summed E-state index contributed by atoms with van der Waals surface area (Å²) >= 11 is 1.21. The number of hydrogen-bond acceptors (Lipinski definition) is 7.